The van der Waals surface area contributed by atoms with E-state index in [9.17, 15) is 4.79 Å². The standard InChI is InChI=1S/C15H24N2O2/c1-9-6-11(15(3,4)5)7-10(2)13(9)17-14(19)12(16)8-18/h6-7,12,18H,8,16H2,1-5H3,(H,17,19). The molecule has 1 aromatic carbocycles. The Kier molecular flexibility index (Phi) is 4.71. The van der Waals surface area contributed by atoms with Crippen LogP contribution < -0.4 is 11.1 Å². The van der Waals surface area contributed by atoms with Gasteiger partial charge in [-0.1, -0.05) is 32.9 Å². The van der Waals surface area contributed by atoms with Crippen LogP contribution in [0.3, 0.4) is 0 Å². The quantitative estimate of drug-likeness (QED) is 0.780. The molecule has 0 aliphatic carbocycles. The van der Waals surface area contributed by atoms with Crippen molar-refractivity contribution < 1.29 is 9.90 Å². The van der Waals surface area contributed by atoms with Gasteiger partial charge in [0.05, 0.1) is 6.61 Å². The summed E-state index contributed by atoms with van der Waals surface area (Å²) < 4.78 is 0. The third-order valence-corrected chi connectivity index (χ3v) is 3.18. The van der Waals surface area contributed by atoms with E-state index in [-0.39, 0.29) is 17.9 Å². The predicted octanol–water partition coefficient (Wildman–Crippen LogP) is 1.86. The molecule has 0 bridgehead atoms. The van der Waals surface area contributed by atoms with Crippen LogP contribution in [0.2, 0.25) is 0 Å². The predicted molar refractivity (Wildman–Crippen MR) is 78.3 cm³/mol. The molecule has 4 N–H and O–H groups in total. The van der Waals surface area contributed by atoms with Crippen LogP contribution >= 0.6 is 0 Å². The first-order valence-corrected chi connectivity index (χ1v) is 6.46. The maximum Gasteiger partial charge on any atom is 0.243 e. The van der Waals surface area contributed by atoms with Gasteiger partial charge in [-0.2, -0.15) is 0 Å². The number of hydrogen-bond donors (Lipinski definition) is 3. The highest BCUT2D eigenvalue weighted by molar-refractivity contribution is 5.96. The van der Waals surface area contributed by atoms with Gasteiger partial charge in [-0.15, -0.1) is 0 Å². The van der Waals surface area contributed by atoms with E-state index >= 15 is 0 Å². The number of amides is 1. The van der Waals surface area contributed by atoms with E-state index in [1.54, 1.807) is 0 Å². The fraction of sp³-hybridized carbons (Fsp3) is 0.533. The monoisotopic (exact) mass is 264 g/mol. The summed E-state index contributed by atoms with van der Waals surface area (Å²) in [7, 11) is 0. The molecule has 0 heterocycles. The number of carbonyl (C=O) groups excluding carboxylic acids is 1. The smallest absolute Gasteiger partial charge is 0.243 e. The molecule has 1 unspecified atom stereocenters. The van der Waals surface area contributed by atoms with Crippen LogP contribution in [0.1, 0.15) is 37.5 Å². The molecule has 0 saturated heterocycles. The van der Waals surface area contributed by atoms with Gasteiger partial charge in [0.15, 0.2) is 0 Å². The number of benzene rings is 1. The summed E-state index contributed by atoms with van der Waals surface area (Å²) in [5.41, 5.74) is 9.59. The van der Waals surface area contributed by atoms with Crippen LogP contribution in [-0.2, 0) is 10.2 Å². The minimum Gasteiger partial charge on any atom is -0.394 e. The number of anilines is 1. The van der Waals surface area contributed by atoms with Crippen molar-refractivity contribution in [1.82, 2.24) is 0 Å². The molecule has 0 aliphatic heterocycles. The first-order chi connectivity index (χ1) is 8.66. The zero-order chi connectivity index (χ0) is 14.8. The van der Waals surface area contributed by atoms with Crippen LogP contribution in [0.25, 0.3) is 0 Å². The molecule has 0 aromatic heterocycles. The van der Waals surface area contributed by atoms with Gasteiger partial charge >= 0.3 is 0 Å². The Morgan fingerprint density at radius 2 is 1.79 bits per heavy atom. The molecule has 0 aliphatic rings. The average Bonchev–Trinajstić information content (AvgIpc) is 2.30. The molecular weight excluding hydrogens is 240 g/mol. The normalized spacial score (nSPS) is 13.2. The minimum absolute atomic E-state index is 0.0690. The lowest BCUT2D eigenvalue weighted by Gasteiger charge is -2.23. The average molecular weight is 264 g/mol. The lowest BCUT2D eigenvalue weighted by atomic mass is 9.85. The third-order valence-electron chi connectivity index (χ3n) is 3.18. The lowest BCUT2D eigenvalue weighted by Crippen LogP contribution is -2.38. The highest BCUT2D eigenvalue weighted by atomic mass is 16.3. The number of carbonyl (C=O) groups is 1. The van der Waals surface area contributed by atoms with Gasteiger partial charge < -0.3 is 16.2 Å². The van der Waals surface area contributed by atoms with E-state index < -0.39 is 6.04 Å². The van der Waals surface area contributed by atoms with Crippen molar-refractivity contribution in [1.29, 1.82) is 0 Å². The summed E-state index contributed by atoms with van der Waals surface area (Å²) in [6.45, 7) is 10.0. The van der Waals surface area contributed by atoms with Gasteiger partial charge in [-0.25, -0.2) is 0 Å². The zero-order valence-corrected chi connectivity index (χ0v) is 12.4. The Hall–Kier alpha value is -1.39. The number of aliphatic hydroxyl groups is 1. The molecule has 106 valence electrons. The molecular formula is C15H24N2O2. The Balaban J connectivity index is 3.08. The maximum absolute atomic E-state index is 11.7. The van der Waals surface area contributed by atoms with Crippen LogP contribution in [-0.4, -0.2) is 23.7 Å². The van der Waals surface area contributed by atoms with Gasteiger partial charge in [-0.05, 0) is 36.0 Å². The number of hydrogen-bond acceptors (Lipinski definition) is 3. The number of nitrogens with one attached hydrogen (secondary N) is 1. The van der Waals surface area contributed by atoms with Crippen molar-refractivity contribution in [3.63, 3.8) is 0 Å². The number of rotatable bonds is 3. The lowest BCUT2D eigenvalue weighted by molar-refractivity contribution is -0.118. The molecule has 0 spiro atoms. The highest BCUT2D eigenvalue weighted by Gasteiger charge is 2.18. The van der Waals surface area contributed by atoms with Crippen molar-refractivity contribution in [3.05, 3.63) is 28.8 Å². The topological polar surface area (TPSA) is 75.4 Å². The molecule has 1 atom stereocenters. The van der Waals surface area contributed by atoms with Gasteiger partial charge in [-0.3, -0.25) is 4.79 Å². The summed E-state index contributed by atoms with van der Waals surface area (Å²) in [5, 5.41) is 11.7. The summed E-state index contributed by atoms with van der Waals surface area (Å²) in [5.74, 6) is -0.364. The summed E-state index contributed by atoms with van der Waals surface area (Å²) in [6, 6.07) is 3.27. The second kappa shape index (κ2) is 5.72. The first kappa shape index (κ1) is 15.7. The van der Waals surface area contributed by atoms with Crippen molar-refractivity contribution >= 4 is 11.6 Å². The van der Waals surface area contributed by atoms with Gasteiger partial charge in [0.25, 0.3) is 0 Å². The van der Waals surface area contributed by atoms with Crippen LogP contribution in [0.15, 0.2) is 12.1 Å². The van der Waals surface area contributed by atoms with Gasteiger partial charge in [0.2, 0.25) is 5.91 Å². The molecule has 4 nitrogen and oxygen atoms in total. The minimum atomic E-state index is -0.888. The van der Waals surface area contributed by atoms with Gasteiger partial charge in [0, 0.05) is 5.69 Å². The Morgan fingerprint density at radius 1 is 1.32 bits per heavy atom. The highest BCUT2D eigenvalue weighted by Crippen LogP contribution is 2.29. The Morgan fingerprint density at radius 3 is 2.16 bits per heavy atom. The fourth-order valence-corrected chi connectivity index (χ4v) is 1.89. The Labute approximate surface area is 115 Å². The number of aliphatic hydroxyl groups excluding tert-OH is 1. The summed E-state index contributed by atoms with van der Waals surface area (Å²) in [4.78, 5) is 11.7. The number of nitrogens with two attached hydrogens (primary N) is 1. The Bertz CT molecular complexity index is 453. The SMILES string of the molecule is Cc1cc(C(C)(C)C)cc(C)c1NC(=O)C(N)CO. The molecule has 0 radical (unpaired) electrons. The molecule has 1 amide bonds. The molecule has 0 saturated carbocycles. The third kappa shape index (κ3) is 3.78. The maximum atomic E-state index is 11.7. The zero-order valence-electron chi connectivity index (χ0n) is 12.4. The second-order valence-corrected chi connectivity index (χ2v) is 6.01. The molecule has 1 rings (SSSR count). The van der Waals surface area contributed by atoms with E-state index in [0.717, 1.165) is 16.8 Å². The van der Waals surface area contributed by atoms with E-state index in [0.29, 0.717) is 0 Å². The second-order valence-electron chi connectivity index (χ2n) is 6.01. The van der Waals surface area contributed by atoms with Gasteiger partial charge in [0.1, 0.15) is 6.04 Å². The van der Waals surface area contributed by atoms with Crippen LogP contribution in [0, 0.1) is 13.8 Å². The number of aryl methyl sites for hydroxylation is 2. The van der Waals surface area contributed by atoms with E-state index in [2.05, 4.69) is 38.2 Å². The van der Waals surface area contributed by atoms with Crippen molar-refractivity contribution in [2.75, 3.05) is 11.9 Å². The van der Waals surface area contributed by atoms with Crippen molar-refractivity contribution in [2.24, 2.45) is 5.73 Å². The molecule has 0 fully saturated rings. The first-order valence-electron chi connectivity index (χ1n) is 6.46. The fourth-order valence-electron chi connectivity index (χ4n) is 1.89. The summed E-state index contributed by atoms with van der Waals surface area (Å²) in [6.07, 6.45) is 0. The summed E-state index contributed by atoms with van der Waals surface area (Å²) >= 11 is 0. The molecule has 19 heavy (non-hydrogen) atoms. The van der Waals surface area contributed by atoms with E-state index in [4.69, 9.17) is 10.8 Å². The van der Waals surface area contributed by atoms with Crippen molar-refractivity contribution in [3.8, 4) is 0 Å². The van der Waals surface area contributed by atoms with E-state index in [1.165, 1.54) is 5.56 Å². The van der Waals surface area contributed by atoms with Crippen LogP contribution in [0.5, 0.6) is 0 Å². The van der Waals surface area contributed by atoms with E-state index in [1.807, 2.05) is 13.8 Å². The molecule has 1 aromatic rings. The van der Waals surface area contributed by atoms with Crippen molar-refractivity contribution in [2.45, 2.75) is 46.1 Å². The molecule has 4 heteroatoms. The largest absolute Gasteiger partial charge is 0.394 e. The van der Waals surface area contributed by atoms with Crippen LogP contribution in [0.4, 0.5) is 5.69 Å².